The fraction of sp³-hybridized carbons (Fsp3) is 0.444. The number of anilines is 1. The van der Waals surface area contributed by atoms with Crippen molar-refractivity contribution >= 4 is 17.6 Å². The Morgan fingerprint density at radius 3 is 2.36 bits per heavy atom. The Morgan fingerprint density at radius 2 is 1.79 bits per heavy atom. The first-order valence-electron chi connectivity index (χ1n) is 11.7. The summed E-state index contributed by atoms with van der Waals surface area (Å²) >= 11 is 0. The number of benzene rings is 2. The molecule has 174 valence electrons. The summed E-state index contributed by atoms with van der Waals surface area (Å²) in [4.78, 5) is 28.5. The Kier molecular flexibility index (Phi) is 7.88. The molecule has 0 radical (unpaired) electrons. The lowest BCUT2D eigenvalue weighted by molar-refractivity contribution is -0.933. The minimum absolute atomic E-state index is 0.0525. The highest BCUT2D eigenvalue weighted by atomic mass is 16.5. The van der Waals surface area contributed by atoms with Crippen molar-refractivity contribution < 1.29 is 18.8 Å². The Balaban J connectivity index is 1.81. The van der Waals surface area contributed by atoms with Gasteiger partial charge in [0.25, 0.3) is 5.91 Å². The van der Waals surface area contributed by atoms with Crippen LogP contribution >= 0.6 is 0 Å². The molecule has 0 saturated carbocycles. The maximum absolute atomic E-state index is 13.8. The fourth-order valence-corrected chi connectivity index (χ4v) is 5.07. The molecule has 0 spiro atoms. The summed E-state index contributed by atoms with van der Waals surface area (Å²) < 4.78 is 5.96. The minimum atomic E-state index is -0.299. The predicted molar refractivity (Wildman–Crippen MR) is 128 cm³/mol. The molecule has 1 heterocycles. The summed E-state index contributed by atoms with van der Waals surface area (Å²) in [6.07, 6.45) is 1.62. The van der Waals surface area contributed by atoms with Crippen molar-refractivity contribution in [2.75, 3.05) is 31.1 Å². The van der Waals surface area contributed by atoms with Crippen LogP contribution in [0.25, 0.3) is 0 Å². The molecule has 6 heteroatoms. The van der Waals surface area contributed by atoms with Crippen molar-refractivity contribution in [2.24, 2.45) is 0 Å². The van der Waals surface area contributed by atoms with E-state index in [0.29, 0.717) is 29.7 Å². The molecule has 1 atom stereocenters. The quantitative estimate of drug-likeness (QED) is 0.447. The summed E-state index contributed by atoms with van der Waals surface area (Å²) in [7, 11) is 0. The van der Waals surface area contributed by atoms with Crippen molar-refractivity contribution in [3.8, 4) is 6.07 Å². The fourth-order valence-electron chi connectivity index (χ4n) is 5.07. The molecule has 0 bridgehead atoms. The number of hydrogen-bond donors (Lipinski definition) is 0. The van der Waals surface area contributed by atoms with E-state index in [4.69, 9.17) is 4.74 Å². The molecule has 1 fully saturated rings. The van der Waals surface area contributed by atoms with E-state index in [1.165, 1.54) is 0 Å². The average Bonchev–Trinajstić information content (AvgIpc) is 2.82. The summed E-state index contributed by atoms with van der Waals surface area (Å²) in [6.45, 7) is 10.4. The average molecular weight is 449 g/mol. The number of nitrogens with zero attached hydrogens (tertiary/aromatic N) is 3. The van der Waals surface area contributed by atoms with Gasteiger partial charge >= 0.3 is 5.97 Å². The summed E-state index contributed by atoms with van der Waals surface area (Å²) in [5.41, 5.74) is 4.29. The third-order valence-electron chi connectivity index (χ3n) is 6.91. The second kappa shape index (κ2) is 10.6. The van der Waals surface area contributed by atoms with Crippen LogP contribution in [0.4, 0.5) is 5.69 Å². The number of aryl methyl sites for hydroxylation is 2. The van der Waals surface area contributed by atoms with Crippen molar-refractivity contribution in [1.82, 2.24) is 0 Å². The largest absolute Gasteiger partial charge is 0.457 e. The van der Waals surface area contributed by atoms with Gasteiger partial charge in [-0.2, -0.15) is 5.26 Å². The number of piperidine rings is 1. The Labute approximate surface area is 197 Å². The highest BCUT2D eigenvalue weighted by Gasteiger charge is 2.46. The molecule has 1 aliphatic heterocycles. The first kappa shape index (κ1) is 24.5. The number of carbonyl (C=O) groups is 2. The van der Waals surface area contributed by atoms with Crippen LogP contribution in [0.15, 0.2) is 42.5 Å². The lowest BCUT2D eigenvalue weighted by atomic mass is 9.96. The maximum atomic E-state index is 13.8. The highest BCUT2D eigenvalue weighted by Crippen LogP contribution is 2.33. The van der Waals surface area contributed by atoms with Gasteiger partial charge in [-0.3, -0.25) is 4.79 Å². The zero-order valence-corrected chi connectivity index (χ0v) is 20.1. The molecule has 0 aliphatic carbocycles. The monoisotopic (exact) mass is 448 g/mol. The lowest BCUT2D eigenvalue weighted by Gasteiger charge is -2.46. The van der Waals surface area contributed by atoms with E-state index in [0.717, 1.165) is 35.2 Å². The van der Waals surface area contributed by atoms with Crippen LogP contribution in [0.5, 0.6) is 0 Å². The van der Waals surface area contributed by atoms with Gasteiger partial charge in [-0.25, -0.2) is 4.79 Å². The van der Waals surface area contributed by atoms with Crippen molar-refractivity contribution in [2.45, 2.75) is 53.2 Å². The normalized spacial score (nSPS) is 16.4. The van der Waals surface area contributed by atoms with Crippen LogP contribution in [-0.2, 0) is 20.9 Å². The molecule has 0 aromatic heterocycles. The van der Waals surface area contributed by atoms with Crippen molar-refractivity contribution in [1.29, 1.82) is 5.26 Å². The predicted octanol–water partition coefficient (Wildman–Crippen LogP) is 4.27. The first-order chi connectivity index (χ1) is 15.8. The van der Waals surface area contributed by atoms with Gasteiger partial charge < -0.3 is 14.1 Å². The van der Waals surface area contributed by atoms with Gasteiger partial charge in [0.2, 0.25) is 0 Å². The van der Waals surface area contributed by atoms with E-state index in [1.807, 2.05) is 75.1 Å². The third-order valence-corrected chi connectivity index (χ3v) is 6.91. The molecule has 1 aliphatic rings. The first-order valence-corrected chi connectivity index (χ1v) is 11.7. The number of rotatable bonds is 8. The van der Waals surface area contributed by atoms with Gasteiger partial charge in [0.05, 0.1) is 24.7 Å². The zero-order chi connectivity index (χ0) is 24.0. The smallest absolute Gasteiger partial charge is 0.362 e. The molecule has 3 rings (SSSR count). The molecular formula is C27H34N3O3+. The van der Waals surface area contributed by atoms with Crippen LogP contribution in [0.2, 0.25) is 0 Å². The molecule has 2 aromatic carbocycles. The van der Waals surface area contributed by atoms with Gasteiger partial charge in [-0.05, 0) is 62.9 Å². The van der Waals surface area contributed by atoms with Crippen LogP contribution in [0.3, 0.4) is 0 Å². The number of hydrogen-bond acceptors (Lipinski definition) is 4. The Morgan fingerprint density at radius 1 is 1.15 bits per heavy atom. The molecule has 33 heavy (non-hydrogen) atoms. The van der Waals surface area contributed by atoms with Crippen LogP contribution in [0.1, 0.15) is 48.9 Å². The van der Waals surface area contributed by atoms with Gasteiger partial charge in [0, 0.05) is 18.7 Å². The van der Waals surface area contributed by atoms with Crippen LogP contribution in [-0.4, -0.2) is 48.6 Å². The number of nitriles is 1. The zero-order valence-electron chi connectivity index (χ0n) is 20.1. The molecule has 6 nitrogen and oxygen atoms in total. The Bertz CT molecular complexity index is 1020. The van der Waals surface area contributed by atoms with E-state index >= 15 is 0 Å². The number of ether oxygens (including phenoxy) is 1. The minimum Gasteiger partial charge on any atom is -0.457 e. The van der Waals surface area contributed by atoms with Crippen LogP contribution in [0, 0.1) is 25.2 Å². The summed E-state index contributed by atoms with van der Waals surface area (Å²) in [5, 5.41) is 9.28. The van der Waals surface area contributed by atoms with Gasteiger partial charge in [0.1, 0.15) is 6.61 Å². The molecule has 1 unspecified atom stereocenters. The highest BCUT2D eigenvalue weighted by molar-refractivity contribution is 5.98. The number of esters is 1. The number of likely N-dealkylation sites (N-methyl/N-ethyl adjacent to an activating group) is 1. The van der Waals surface area contributed by atoms with E-state index in [2.05, 4.69) is 6.07 Å². The SMILES string of the molecule is CC[N+](CC)(CC(=O)OCc1ccccc1)C1CCCN(c2c(C)cc(C#N)cc2C)C1=O. The summed E-state index contributed by atoms with van der Waals surface area (Å²) in [6, 6.07) is 15.2. The van der Waals surface area contributed by atoms with Gasteiger partial charge in [-0.15, -0.1) is 0 Å². The van der Waals surface area contributed by atoms with Gasteiger partial charge in [0.15, 0.2) is 12.6 Å². The second-order valence-electron chi connectivity index (χ2n) is 8.87. The second-order valence-corrected chi connectivity index (χ2v) is 8.87. The number of carbonyl (C=O) groups excluding carboxylic acids is 2. The molecule has 1 saturated heterocycles. The van der Waals surface area contributed by atoms with Gasteiger partial charge in [-0.1, -0.05) is 30.3 Å². The summed E-state index contributed by atoms with van der Waals surface area (Å²) in [5.74, 6) is -0.227. The van der Waals surface area contributed by atoms with E-state index in [-0.39, 0.29) is 31.1 Å². The number of amides is 1. The standard InChI is InChI=1S/C27H34N3O3/c1-5-30(6-2,18-25(31)33-19-22-11-8-7-9-12-22)24-13-10-14-29(27(24)32)26-20(3)15-23(17-28)16-21(26)4/h7-9,11-12,15-16,24H,5-6,10,13-14,18-19H2,1-4H3/q+1. The molecule has 0 N–H and O–H groups in total. The number of quaternary nitrogens is 1. The lowest BCUT2D eigenvalue weighted by Crippen LogP contribution is -2.65. The van der Waals surface area contributed by atoms with E-state index in [9.17, 15) is 14.9 Å². The maximum Gasteiger partial charge on any atom is 0.362 e. The van der Waals surface area contributed by atoms with E-state index < -0.39 is 0 Å². The Hall–Kier alpha value is -3.17. The van der Waals surface area contributed by atoms with Crippen molar-refractivity contribution in [3.63, 3.8) is 0 Å². The van der Waals surface area contributed by atoms with Crippen LogP contribution < -0.4 is 4.90 Å². The third kappa shape index (κ3) is 5.26. The molecule has 2 aromatic rings. The van der Waals surface area contributed by atoms with Crippen molar-refractivity contribution in [3.05, 3.63) is 64.7 Å². The molecule has 1 amide bonds. The topological polar surface area (TPSA) is 70.4 Å². The molecular weight excluding hydrogens is 414 g/mol. The van der Waals surface area contributed by atoms with E-state index in [1.54, 1.807) is 0 Å².